The van der Waals surface area contributed by atoms with E-state index in [2.05, 4.69) is 23.5 Å². The SMILES string of the molecule is C1CCC2=C(C1)CCC21SCCS1. The highest BCUT2D eigenvalue weighted by Gasteiger charge is 2.44. The molecule has 1 fully saturated rings. The van der Waals surface area contributed by atoms with Crippen LogP contribution in [0.3, 0.4) is 0 Å². The zero-order valence-electron chi connectivity index (χ0n) is 7.97. The Bertz CT molecular complexity index is 249. The summed E-state index contributed by atoms with van der Waals surface area (Å²) in [7, 11) is 0. The molecule has 3 rings (SSSR count). The van der Waals surface area contributed by atoms with Crippen molar-refractivity contribution >= 4 is 23.5 Å². The van der Waals surface area contributed by atoms with Gasteiger partial charge in [0.05, 0.1) is 4.08 Å². The molecule has 1 saturated heterocycles. The van der Waals surface area contributed by atoms with E-state index in [-0.39, 0.29) is 0 Å². The Morgan fingerprint density at radius 3 is 2.54 bits per heavy atom. The number of fused-ring (bicyclic) bond motifs is 1. The van der Waals surface area contributed by atoms with Gasteiger partial charge in [0.25, 0.3) is 0 Å². The summed E-state index contributed by atoms with van der Waals surface area (Å²) in [6.07, 6.45) is 8.65. The first-order valence-electron chi connectivity index (χ1n) is 5.40. The molecule has 13 heavy (non-hydrogen) atoms. The Hall–Kier alpha value is 0.440. The van der Waals surface area contributed by atoms with Gasteiger partial charge in [-0.1, -0.05) is 5.57 Å². The summed E-state index contributed by atoms with van der Waals surface area (Å²) in [5, 5.41) is 0. The Morgan fingerprint density at radius 2 is 1.69 bits per heavy atom. The molecule has 1 heterocycles. The summed E-state index contributed by atoms with van der Waals surface area (Å²) in [5.74, 6) is 2.78. The molecule has 0 amide bonds. The van der Waals surface area contributed by atoms with Gasteiger partial charge in [-0.05, 0) is 44.1 Å². The van der Waals surface area contributed by atoms with E-state index < -0.39 is 0 Å². The van der Waals surface area contributed by atoms with Gasteiger partial charge in [0.15, 0.2) is 0 Å². The van der Waals surface area contributed by atoms with Gasteiger partial charge in [0.1, 0.15) is 0 Å². The Kier molecular flexibility index (Phi) is 2.17. The van der Waals surface area contributed by atoms with Crippen LogP contribution >= 0.6 is 23.5 Å². The lowest BCUT2D eigenvalue weighted by molar-refractivity contribution is 0.671. The molecule has 0 nitrogen and oxygen atoms in total. The smallest absolute Gasteiger partial charge is 0.0826 e. The van der Waals surface area contributed by atoms with Crippen molar-refractivity contribution in [3.8, 4) is 0 Å². The van der Waals surface area contributed by atoms with Gasteiger partial charge in [-0.15, -0.1) is 23.5 Å². The van der Waals surface area contributed by atoms with Crippen LogP contribution in [0.5, 0.6) is 0 Å². The third kappa shape index (κ3) is 1.29. The summed E-state index contributed by atoms with van der Waals surface area (Å²) < 4.78 is 0.593. The van der Waals surface area contributed by atoms with Crippen molar-refractivity contribution in [2.75, 3.05) is 11.5 Å². The molecule has 0 saturated carbocycles. The van der Waals surface area contributed by atoms with Gasteiger partial charge in [0.2, 0.25) is 0 Å². The summed E-state index contributed by atoms with van der Waals surface area (Å²) in [6, 6.07) is 0. The number of thioether (sulfide) groups is 2. The fraction of sp³-hybridized carbons (Fsp3) is 0.818. The first-order chi connectivity index (χ1) is 6.41. The minimum Gasteiger partial charge on any atom is -0.139 e. The minimum atomic E-state index is 0.593. The molecule has 0 radical (unpaired) electrons. The van der Waals surface area contributed by atoms with Crippen molar-refractivity contribution in [3.05, 3.63) is 11.1 Å². The van der Waals surface area contributed by atoms with Crippen molar-refractivity contribution in [1.29, 1.82) is 0 Å². The lowest BCUT2D eigenvalue weighted by atomic mass is 9.94. The van der Waals surface area contributed by atoms with Crippen molar-refractivity contribution in [1.82, 2.24) is 0 Å². The number of hydrogen-bond acceptors (Lipinski definition) is 2. The van der Waals surface area contributed by atoms with E-state index in [4.69, 9.17) is 0 Å². The maximum atomic E-state index is 2.24. The predicted molar refractivity (Wildman–Crippen MR) is 62.4 cm³/mol. The van der Waals surface area contributed by atoms with Gasteiger partial charge in [-0.3, -0.25) is 0 Å². The highest BCUT2D eigenvalue weighted by molar-refractivity contribution is 8.21. The second-order valence-corrected chi connectivity index (χ2v) is 7.29. The molecule has 1 aliphatic heterocycles. The van der Waals surface area contributed by atoms with Crippen LogP contribution in [-0.2, 0) is 0 Å². The van der Waals surface area contributed by atoms with Crippen LogP contribution in [0.4, 0.5) is 0 Å². The molecule has 72 valence electrons. The summed E-state index contributed by atoms with van der Waals surface area (Å²) in [5.41, 5.74) is 3.74. The molecule has 0 bridgehead atoms. The molecule has 0 unspecified atom stereocenters. The summed E-state index contributed by atoms with van der Waals surface area (Å²) in [4.78, 5) is 0. The van der Waals surface area contributed by atoms with Crippen LogP contribution in [-0.4, -0.2) is 15.6 Å². The number of allylic oxidation sites excluding steroid dienone is 1. The van der Waals surface area contributed by atoms with Crippen LogP contribution < -0.4 is 0 Å². The molecule has 2 heteroatoms. The van der Waals surface area contributed by atoms with Crippen molar-refractivity contribution in [3.63, 3.8) is 0 Å². The Balaban J connectivity index is 1.94. The molecule has 2 aliphatic carbocycles. The van der Waals surface area contributed by atoms with Crippen molar-refractivity contribution < 1.29 is 0 Å². The molecule has 0 N–H and O–H groups in total. The molecular weight excluding hydrogens is 196 g/mol. The second kappa shape index (κ2) is 3.23. The normalized spacial score (nSPS) is 31.4. The van der Waals surface area contributed by atoms with Crippen molar-refractivity contribution in [2.24, 2.45) is 0 Å². The molecule has 0 aromatic rings. The zero-order valence-corrected chi connectivity index (χ0v) is 9.61. The van der Waals surface area contributed by atoms with Crippen LogP contribution in [0.1, 0.15) is 38.5 Å². The first kappa shape index (κ1) is 8.72. The molecule has 0 atom stereocenters. The van der Waals surface area contributed by atoms with E-state index in [0.717, 1.165) is 0 Å². The molecule has 0 aromatic carbocycles. The third-order valence-corrected chi connectivity index (χ3v) is 7.17. The summed E-state index contributed by atoms with van der Waals surface area (Å²) >= 11 is 4.49. The first-order valence-corrected chi connectivity index (χ1v) is 7.37. The maximum Gasteiger partial charge on any atom is 0.0826 e. The Morgan fingerprint density at radius 1 is 0.923 bits per heavy atom. The average molecular weight is 212 g/mol. The van der Waals surface area contributed by atoms with Crippen LogP contribution in [0.25, 0.3) is 0 Å². The Labute approximate surface area is 88.9 Å². The molecule has 1 spiro atoms. The van der Waals surface area contributed by atoms with E-state index in [9.17, 15) is 0 Å². The van der Waals surface area contributed by atoms with E-state index in [1.54, 1.807) is 0 Å². The van der Waals surface area contributed by atoms with Crippen LogP contribution in [0.2, 0.25) is 0 Å². The predicted octanol–water partition coefficient (Wildman–Crippen LogP) is 3.83. The number of rotatable bonds is 0. The van der Waals surface area contributed by atoms with Gasteiger partial charge in [-0.2, -0.15) is 0 Å². The third-order valence-electron chi connectivity index (χ3n) is 3.55. The largest absolute Gasteiger partial charge is 0.139 e. The van der Waals surface area contributed by atoms with Gasteiger partial charge in [0, 0.05) is 11.5 Å². The van der Waals surface area contributed by atoms with Gasteiger partial charge < -0.3 is 0 Å². The monoisotopic (exact) mass is 212 g/mol. The standard InChI is InChI=1S/C11H16S2/c1-2-4-10-9(3-1)5-6-11(10)12-7-8-13-11/h1-8H2. The summed E-state index contributed by atoms with van der Waals surface area (Å²) in [6.45, 7) is 0. The minimum absolute atomic E-state index is 0.593. The number of hydrogen-bond donors (Lipinski definition) is 0. The highest BCUT2D eigenvalue weighted by Crippen LogP contribution is 2.59. The molecule has 3 aliphatic rings. The van der Waals surface area contributed by atoms with Gasteiger partial charge >= 0.3 is 0 Å². The fourth-order valence-electron chi connectivity index (χ4n) is 2.94. The second-order valence-electron chi connectivity index (χ2n) is 4.24. The lowest BCUT2D eigenvalue weighted by Gasteiger charge is -2.27. The average Bonchev–Trinajstić information content (AvgIpc) is 2.78. The molecular formula is C11H16S2. The quantitative estimate of drug-likeness (QED) is 0.560. The van der Waals surface area contributed by atoms with E-state index >= 15 is 0 Å². The lowest BCUT2D eigenvalue weighted by Crippen LogP contribution is -2.17. The van der Waals surface area contributed by atoms with E-state index in [0.29, 0.717) is 4.08 Å². The zero-order chi connectivity index (χ0) is 8.73. The fourth-order valence-corrected chi connectivity index (χ4v) is 6.44. The molecule has 0 aromatic heterocycles. The van der Waals surface area contributed by atoms with Crippen molar-refractivity contribution in [2.45, 2.75) is 42.6 Å². The van der Waals surface area contributed by atoms with E-state index in [1.165, 1.54) is 50.0 Å². The van der Waals surface area contributed by atoms with E-state index in [1.807, 2.05) is 11.1 Å². The van der Waals surface area contributed by atoms with Gasteiger partial charge in [-0.25, -0.2) is 0 Å². The van der Waals surface area contributed by atoms with Crippen LogP contribution in [0.15, 0.2) is 11.1 Å². The maximum absolute atomic E-state index is 2.24. The topological polar surface area (TPSA) is 0 Å². The van der Waals surface area contributed by atoms with Crippen LogP contribution in [0, 0.1) is 0 Å². The highest BCUT2D eigenvalue weighted by atomic mass is 32.2.